The van der Waals surface area contributed by atoms with E-state index in [4.69, 9.17) is 9.47 Å². The van der Waals surface area contributed by atoms with Gasteiger partial charge in [-0.2, -0.15) is 0 Å². The predicted octanol–water partition coefficient (Wildman–Crippen LogP) is 3.71. The molecule has 5 nitrogen and oxygen atoms in total. The van der Waals surface area contributed by atoms with Gasteiger partial charge in [-0.3, -0.25) is 4.99 Å². The molecule has 1 aromatic rings. The Morgan fingerprint density at radius 3 is 2.81 bits per heavy atom. The highest BCUT2D eigenvalue weighted by Gasteiger charge is 2.23. The number of likely N-dealkylation sites (tertiary alicyclic amines) is 1. The van der Waals surface area contributed by atoms with E-state index < -0.39 is 0 Å². The Bertz CT molecular complexity index is 630. The Kier molecular flexibility index (Phi) is 7.91. The van der Waals surface area contributed by atoms with Crippen LogP contribution in [0.2, 0.25) is 0 Å². The minimum absolute atomic E-state index is 0.246. The van der Waals surface area contributed by atoms with E-state index in [1.165, 1.54) is 18.9 Å². The quantitative estimate of drug-likeness (QED) is 0.558. The Morgan fingerprint density at radius 1 is 1.33 bits per heavy atom. The van der Waals surface area contributed by atoms with Crippen LogP contribution in [0.25, 0.3) is 0 Å². The zero-order valence-electron chi connectivity index (χ0n) is 15.9. The number of hydrogen-bond acceptors (Lipinski definition) is 3. The summed E-state index contributed by atoms with van der Waals surface area (Å²) in [6.07, 6.45) is 6.08. The van der Waals surface area contributed by atoms with Crippen molar-refractivity contribution in [3.05, 3.63) is 34.1 Å². The number of nitrogens with zero attached hydrogens (tertiary/aromatic N) is 2. The minimum Gasteiger partial charge on any atom is -0.376 e. The molecule has 2 aliphatic rings. The molecule has 0 spiro atoms. The molecule has 0 amide bonds. The number of hydrogen-bond donors (Lipinski definition) is 1. The van der Waals surface area contributed by atoms with Crippen molar-refractivity contribution >= 4 is 21.9 Å². The number of halogens is 2. The van der Waals surface area contributed by atoms with Gasteiger partial charge in [-0.25, -0.2) is 4.39 Å². The molecule has 0 aromatic heterocycles. The summed E-state index contributed by atoms with van der Waals surface area (Å²) in [7, 11) is 1.79. The maximum Gasteiger partial charge on any atom is 0.193 e. The normalized spacial score (nSPS) is 22.1. The van der Waals surface area contributed by atoms with Crippen LogP contribution >= 0.6 is 15.9 Å². The molecule has 0 radical (unpaired) electrons. The van der Waals surface area contributed by atoms with Crippen LogP contribution in [0, 0.1) is 5.82 Å². The molecule has 2 aliphatic heterocycles. The first-order valence-electron chi connectivity index (χ1n) is 9.78. The fourth-order valence-electron chi connectivity index (χ4n) is 3.58. The smallest absolute Gasteiger partial charge is 0.193 e. The number of guanidine groups is 1. The highest BCUT2D eigenvalue weighted by Crippen LogP contribution is 2.19. The van der Waals surface area contributed by atoms with Gasteiger partial charge in [-0.1, -0.05) is 6.07 Å². The maximum absolute atomic E-state index is 13.7. The van der Waals surface area contributed by atoms with Gasteiger partial charge < -0.3 is 19.7 Å². The van der Waals surface area contributed by atoms with E-state index in [2.05, 4.69) is 31.1 Å². The molecule has 2 saturated heterocycles. The molecule has 3 rings (SSSR count). The molecule has 2 heterocycles. The van der Waals surface area contributed by atoms with E-state index in [-0.39, 0.29) is 11.9 Å². The molecule has 0 saturated carbocycles. The van der Waals surface area contributed by atoms with Crippen LogP contribution < -0.4 is 5.32 Å². The minimum atomic E-state index is -0.246. The van der Waals surface area contributed by atoms with Gasteiger partial charge in [0.1, 0.15) is 5.82 Å². The van der Waals surface area contributed by atoms with Gasteiger partial charge in [-0.15, -0.1) is 0 Å². The second-order valence-corrected chi connectivity index (χ2v) is 8.01. The average Bonchev–Trinajstić information content (AvgIpc) is 2.71. The molecule has 27 heavy (non-hydrogen) atoms. The van der Waals surface area contributed by atoms with Crippen LogP contribution in [0.1, 0.15) is 37.7 Å². The summed E-state index contributed by atoms with van der Waals surface area (Å²) in [5.74, 6) is 0.608. The maximum atomic E-state index is 13.7. The lowest BCUT2D eigenvalue weighted by Gasteiger charge is -2.35. The van der Waals surface area contributed by atoms with E-state index in [0.717, 1.165) is 50.5 Å². The SMILES string of the molecule is CN=C(NCc1ccc(Br)c(F)c1)N1CCC(OCC2CCCCO2)CC1. The standard InChI is InChI=1S/C20H29BrFN3O2/c1-23-20(24-13-15-5-6-18(21)19(22)12-15)25-9-7-16(8-10-25)27-14-17-4-2-3-11-26-17/h5-6,12,16-17H,2-4,7-11,13-14H2,1H3,(H,23,24). The van der Waals surface area contributed by atoms with Crippen LogP contribution in [-0.2, 0) is 16.0 Å². The van der Waals surface area contributed by atoms with Crippen molar-refractivity contribution in [1.29, 1.82) is 0 Å². The highest BCUT2D eigenvalue weighted by atomic mass is 79.9. The van der Waals surface area contributed by atoms with E-state index in [1.807, 2.05) is 6.07 Å². The third-order valence-corrected chi connectivity index (χ3v) is 5.82. The summed E-state index contributed by atoms with van der Waals surface area (Å²) in [5, 5.41) is 3.33. The van der Waals surface area contributed by atoms with E-state index in [0.29, 0.717) is 23.7 Å². The van der Waals surface area contributed by atoms with Crippen LogP contribution in [0.5, 0.6) is 0 Å². The van der Waals surface area contributed by atoms with Gasteiger partial charge >= 0.3 is 0 Å². The first kappa shape index (κ1) is 20.6. The molecule has 1 aromatic carbocycles. The largest absolute Gasteiger partial charge is 0.376 e. The second-order valence-electron chi connectivity index (χ2n) is 7.16. The lowest BCUT2D eigenvalue weighted by molar-refractivity contribution is -0.0721. The number of rotatable bonds is 5. The third-order valence-electron chi connectivity index (χ3n) is 5.18. The fraction of sp³-hybridized carbons (Fsp3) is 0.650. The second kappa shape index (κ2) is 10.4. The van der Waals surface area contributed by atoms with Crippen molar-refractivity contribution in [2.24, 2.45) is 4.99 Å². The van der Waals surface area contributed by atoms with Crippen LogP contribution in [0.3, 0.4) is 0 Å². The number of piperidine rings is 1. The molecule has 0 bridgehead atoms. The fourth-order valence-corrected chi connectivity index (χ4v) is 3.83. The number of nitrogens with one attached hydrogen (secondary N) is 1. The van der Waals surface area contributed by atoms with Gasteiger partial charge in [0.05, 0.1) is 23.3 Å². The zero-order chi connectivity index (χ0) is 19.1. The lowest BCUT2D eigenvalue weighted by atomic mass is 10.1. The van der Waals surface area contributed by atoms with E-state index in [1.54, 1.807) is 13.1 Å². The number of benzene rings is 1. The van der Waals surface area contributed by atoms with Crippen molar-refractivity contribution in [3.8, 4) is 0 Å². The van der Waals surface area contributed by atoms with E-state index in [9.17, 15) is 4.39 Å². The molecule has 150 valence electrons. The molecule has 0 aliphatic carbocycles. The monoisotopic (exact) mass is 441 g/mol. The first-order valence-corrected chi connectivity index (χ1v) is 10.6. The third kappa shape index (κ3) is 6.16. The predicted molar refractivity (Wildman–Crippen MR) is 108 cm³/mol. The van der Waals surface area contributed by atoms with Gasteiger partial charge in [0.25, 0.3) is 0 Å². The zero-order valence-corrected chi connectivity index (χ0v) is 17.5. The van der Waals surface area contributed by atoms with Crippen molar-refractivity contribution in [3.63, 3.8) is 0 Å². The molecule has 1 atom stereocenters. The molecular formula is C20H29BrFN3O2. The Balaban J connectivity index is 1.40. The molecule has 1 unspecified atom stereocenters. The summed E-state index contributed by atoms with van der Waals surface area (Å²) in [6, 6.07) is 5.17. The Hall–Kier alpha value is -1.18. The number of ether oxygens (including phenoxy) is 2. The molecule has 2 fully saturated rings. The summed E-state index contributed by atoms with van der Waals surface area (Å²) in [5.41, 5.74) is 0.891. The van der Waals surface area contributed by atoms with Crippen molar-refractivity contribution < 1.29 is 13.9 Å². The van der Waals surface area contributed by atoms with Gasteiger partial charge in [0.15, 0.2) is 5.96 Å². The Morgan fingerprint density at radius 2 is 2.15 bits per heavy atom. The van der Waals surface area contributed by atoms with Crippen LogP contribution in [0.4, 0.5) is 4.39 Å². The van der Waals surface area contributed by atoms with Crippen molar-refractivity contribution in [2.45, 2.75) is 50.9 Å². The average molecular weight is 442 g/mol. The molecule has 7 heteroatoms. The number of aliphatic imine (C=N–C) groups is 1. The topological polar surface area (TPSA) is 46.1 Å². The lowest BCUT2D eigenvalue weighted by Crippen LogP contribution is -2.47. The van der Waals surface area contributed by atoms with Crippen LogP contribution in [0.15, 0.2) is 27.7 Å². The van der Waals surface area contributed by atoms with Crippen molar-refractivity contribution in [2.75, 3.05) is 33.4 Å². The van der Waals surface area contributed by atoms with Crippen LogP contribution in [-0.4, -0.2) is 56.4 Å². The summed E-state index contributed by atoms with van der Waals surface area (Å²) in [4.78, 5) is 6.62. The van der Waals surface area contributed by atoms with Gasteiger partial charge in [-0.05, 0) is 65.7 Å². The van der Waals surface area contributed by atoms with E-state index >= 15 is 0 Å². The highest BCUT2D eigenvalue weighted by molar-refractivity contribution is 9.10. The molecule has 1 N–H and O–H groups in total. The van der Waals surface area contributed by atoms with Gasteiger partial charge in [0, 0.05) is 33.3 Å². The summed E-state index contributed by atoms with van der Waals surface area (Å²) >= 11 is 3.18. The van der Waals surface area contributed by atoms with Crippen molar-refractivity contribution in [1.82, 2.24) is 10.2 Å². The molecular weight excluding hydrogens is 413 g/mol. The summed E-state index contributed by atoms with van der Waals surface area (Å²) in [6.45, 7) is 3.95. The van der Waals surface area contributed by atoms with Gasteiger partial charge in [0.2, 0.25) is 0 Å². The first-order chi connectivity index (χ1) is 13.2. The Labute approximate surface area is 169 Å². The summed E-state index contributed by atoms with van der Waals surface area (Å²) < 4.78 is 26.0.